The quantitative estimate of drug-likeness (QED) is 0.916. The van der Waals surface area contributed by atoms with Crippen LogP contribution in [-0.4, -0.2) is 31.9 Å². The maximum absolute atomic E-state index is 12.5. The fourth-order valence-corrected chi connectivity index (χ4v) is 2.96. The highest BCUT2D eigenvalue weighted by Gasteiger charge is 2.29. The smallest absolute Gasteiger partial charge is 0.263 e. The van der Waals surface area contributed by atoms with Gasteiger partial charge in [0.05, 0.1) is 6.26 Å². The molecule has 0 radical (unpaired) electrons. The number of hydrogen-bond donors (Lipinski definition) is 1. The third-order valence-electron chi connectivity index (χ3n) is 2.97. The van der Waals surface area contributed by atoms with Gasteiger partial charge in [0.2, 0.25) is 10.0 Å². The van der Waals surface area contributed by atoms with Gasteiger partial charge in [0.15, 0.2) is 0 Å². The second-order valence-electron chi connectivity index (χ2n) is 4.53. The highest BCUT2D eigenvalue weighted by molar-refractivity contribution is 7.88. The second-order valence-corrected chi connectivity index (χ2v) is 7.52. The Morgan fingerprint density at radius 1 is 1.19 bits per heavy atom. The molecule has 1 aromatic carbocycles. The average Bonchev–Trinajstić information content (AvgIpc) is 2.97. The molecule has 1 unspecified atom stereocenters. The molecule has 7 heteroatoms. The highest BCUT2D eigenvalue weighted by Crippen LogP contribution is 2.25. The van der Waals surface area contributed by atoms with Crippen molar-refractivity contribution in [3.05, 3.63) is 52.7 Å². The molecule has 0 saturated carbocycles. The second kappa shape index (κ2) is 6.28. The molecule has 0 spiro atoms. The van der Waals surface area contributed by atoms with Crippen LogP contribution in [0, 0.1) is 0 Å². The van der Waals surface area contributed by atoms with E-state index in [-0.39, 0.29) is 0 Å². The maximum atomic E-state index is 12.5. The van der Waals surface area contributed by atoms with Crippen LogP contribution in [0.15, 0.2) is 47.8 Å². The van der Waals surface area contributed by atoms with Crippen molar-refractivity contribution in [1.82, 2.24) is 4.31 Å². The first kappa shape index (κ1) is 15.5. The van der Waals surface area contributed by atoms with Crippen molar-refractivity contribution in [2.75, 3.05) is 18.6 Å². The largest absolute Gasteiger partial charge is 0.369 e. The number of anilines is 1. The summed E-state index contributed by atoms with van der Waals surface area (Å²) in [4.78, 5) is 13.2. The Hall–Kier alpha value is -1.86. The summed E-state index contributed by atoms with van der Waals surface area (Å²) in [5.74, 6) is -0.510. The van der Waals surface area contributed by atoms with E-state index < -0.39 is 22.0 Å². The number of nitrogens with one attached hydrogen (secondary N) is 1. The number of nitrogens with zero attached hydrogens (tertiary/aromatic N) is 1. The first-order valence-electron chi connectivity index (χ1n) is 6.22. The van der Waals surface area contributed by atoms with Crippen LogP contribution < -0.4 is 5.32 Å². The minimum atomic E-state index is -3.58. The Morgan fingerprint density at radius 2 is 1.86 bits per heavy atom. The molecule has 1 amide bonds. The highest BCUT2D eigenvalue weighted by atomic mass is 32.2. The number of amides is 1. The van der Waals surface area contributed by atoms with Crippen LogP contribution in [0.25, 0.3) is 0 Å². The molecule has 0 fully saturated rings. The summed E-state index contributed by atoms with van der Waals surface area (Å²) in [6.07, 6.45) is 1.01. The van der Waals surface area contributed by atoms with Gasteiger partial charge in [-0.2, -0.15) is 0 Å². The number of thiophene rings is 1. The van der Waals surface area contributed by atoms with Crippen molar-refractivity contribution in [3.8, 4) is 0 Å². The van der Waals surface area contributed by atoms with Crippen LogP contribution in [0.4, 0.5) is 5.69 Å². The first-order valence-corrected chi connectivity index (χ1v) is 8.95. The van der Waals surface area contributed by atoms with Crippen molar-refractivity contribution in [2.45, 2.75) is 6.04 Å². The number of rotatable bonds is 5. The summed E-state index contributed by atoms with van der Waals surface area (Å²) in [6.45, 7) is 0. The molecular weight excluding hydrogens is 308 g/mol. The van der Waals surface area contributed by atoms with E-state index in [1.54, 1.807) is 6.07 Å². The van der Waals surface area contributed by atoms with Crippen LogP contribution in [0.5, 0.6) is 0 Å². The molecule has 112 valence electrons. The molecule has 5 nitrogen and oxygen atoms in total. The van der Waals surface area contributed by atoms with Crippen molar-refractivity contribution >= 4 is 33.0 Å². The molecule has 2 aromatic rings. The summed E-state index contributed by atoms with van der Waals surface area (Å²) >= 11 is 1.40. The Bertz CT molecular complexity index is 697. The Morgan fingerprint density at radius 3 is 2.38 bits per heavy atom. The summed E-state index contributed by atoms with van der Waals surface area (Å²) in [7, 11) is -2.31. The molecule has 0 saturated heterocycles. The van der Waals surface area contributed by atoms with Gasteiger partial charge in [-0.05, 0) is 23.6 Å². The topological polar surface area (TPSA) is 66.5 Å². The minimum Gasteiger partial charge on any atom is -0.369 e. The molecule has 1 heterocycles. The van der Waals surface area contributed by atoms with Crippen molar-refractivity contribution in [2.24, 2.45) is 0 Å². The fourth-order valence-electron chi connectivity index (χ4n) is 1.76. The zero-order valence-electron chi connectivity index (χ0n) is 11.7. The van der Waals surface area contributed by atoms with Gasteiger partial charge in [-0.25, -0.2) is 12.7 Å². The lowest BCUT2D eigenvalue weighted by Crippen LogP contribution is -2.38. The third kappa shape index (κ3) is 3.83. The normalized spacial score (nSPS) is 12.7. The summed E-state index contributed by atoms with van der Waals surface area (Å²) in [5, 5.41) is 4.94. The zero-order valence-corrected chi connectivity index (χ0v) is 13.3. The standard InChI is InChI=1S/C14H16N2O3S2/c1-16(21(2,18)19)14(17)13(12-9-6-10-20-12)15-11-7-4-3-5-8-11/h3-10,13,15H,1-2H3. The van der Waals surface area contributed by atoms with E-state index in [1.807, 2.05) is 41.8 Å². The third-order valence-corrected chi connectivity index (χ3v) is 5.08. The van der Waals surface area contributed by atoms with E-state index in [9.17, 15) is 13.2 Å². The van der Waals surface area contributed by atoms with Crippen molar-refractivity contribution < 1.29 is 13.2 Å². The predicted octanol–water partition coefficient (Wildman–Crippen LogP) is 2.32. The van der Waals surface area contributed by atoms with E-state index in [4.69, 9.17) is 0 Å². The lowest BCUT2D eigenvalue weighted by molar-refractivity contribution is -0.126. The molecule has 2 rings (SSSR count). The lowest BCUT2D eigenvalue weighted by atomic mass is 10.2. The number of para-hydroxylation sites is 1. The first-order chi connectivity index (χ1) is 9.89. The predicted molar refractivity (Wildman–Crippen MR) is 84.7 cm³/mol. The van der Waals surface area contributed by atoms with Crippen molar-refractivity contribution in [1.29, 1.82) is 0 Å². The van der Waals surface area contributed by atoms with Gasteiger partial charge < -0.3 is 5.32 Å². The minimum absolute atomic E-state index is 0.510. The maximum Gasteiger partial charge on any atom is 0.263 e. The lowest BCUT2D eigenvalue weighted by Gasteiger charge is -2.23. The van der Waals surface area contributed by atoms with Gasteiger partial charge in [0.1, 0.15) is 6.04 Å². The SMILES string of the molecule is CN(C(=O)C(Nc1ccccc1)c1cccs1)S(C)(=O)=O. The van der Waals surface area contributed by atoms with Gasteiger partial charge in [0, 0.05) is 17.6 Å². The van der Waals surface area contributed by atoms with E-state index in [0.717, 1.165) is 21.1 Å². The Balaban J connectivity index is 2.32. The molecule has 0 aliphatic rings. The van der Waals surface area contributed by atoms with E-state index in [0.29, 0.717) is 0 Å². The van der Waals surface area contributed by atoms with Gasteiger partial charge in [-0.1, -0.05) is 24.3 Å². The van der Waals surface area contributed by atoms with Gasteiger partial charge in [-0.15, -0.1) is 11.3 Å². The Kier molecular flexibility index (Phi) is 4.64. The zero-order chi connectivity index (χ0) is 15.5. The average molecular weight is 324 g/mol. The van der Waals surface area contributed by atoms with Crippen LogP contribution in [0.3, 0.4) is 0 Å². The van der Waals surface area contributed by atoms with Gasteiger partial charge in [0.25, 0.3) is 5.91 Å². The van der Waals surface area contributed by atoms with Crippen LogP contribution >= 0.6 is 11.3 Å². The van der Waals surface area contributed by atoms with Crippen molar-refractivity contribution in [3.63, 3.8) is 0 Å². The molecule has 0 aliphatic carbocycles. The summed E-state index contributed by atoms with van der Waals surface area (Å²) in [6, 6.07) is 12.1. The molecule has 21 heavy (non-hydrogen) atoms. The molecule has 1 atom stereocenters. The van der Waals surface area contributed by atoms with E-state index in [2.05, 4.69) is 5.32 Å². The van der Waals surface area contributed by atoms with Crippen LogP contribution in [0.2, 0.25) is 0 Å². The molecule has 1 aromatic heterocycles. The molecule has 0 aliphatic heterocycles. The van der Waals surface area contributed by atoms with Crippen LogP contribution in [0.1, 0.15) is 10.9 Å². The summed E-state index contributed by atoms with van der Waals surface area (Å²) in [5.41, 5.74) is 0.756. The number of hydrogen-bond acceptors (Lipinski definition) is 5. The number of carbonyl (C=O) groups is 1. The van der Waals surface area contributed by atoms with Gasteiger partial charge in [-0.3, -0.25) is 4.79 Å². The number of benzene rings is 1. The summed E-state index contributed by atoms with van der Waals surface area (Å²) < 4.78 is 23.9. The fraction of sp³-hybridized carbons (Fsp3) is 0.214. The number of carbonyl (C=O) groups excluding carboxylic acids is 1. The number of sulfonamides is 1. The van der Waals surface area contributed by atoms with E-state index >= 15 is 0 Å². The van der Waals surface area contributed by atoms with Gasteiger partial charge >= 0.3 is 0 Å². The molecule has 1 N–H and O–H groups in total. The Labute approximate surface area is 128 Å². The monoisotopic (exact) mass is 324 g/mol. The molecule has 0 bridgehead atoms. The number of likely N-dealkylation sites (N-methyl/N-ethyl adjacent to an activating group) is 1. The molecular formula is C14H16N2O3S2. The van der Waals surface area contributed by atoms with E-state index in [1.165, 1.54) is 18.4 Å². The van der Waals surface area contributed by atoms with Crippen LogP contribution in [-0.2, 0) is 14.8 Å².